The van der Waals surface area contributed by atoms with E-state index in [9.17, 15) is 0 Å². The molecule has 9 aromatic rings. The van der Waals surface area contributed by atoms with Gasteiger partial charge < -0.3 is 9.32 Å². The molecule has 0 atom stereocenters. The van der Waals surface area contributed by atoms with E-state index >= 15 is 0 Å². The van der Waals surface area contributed by atoms with Crippen molar-refractivity contribution in [2.75, 3.05) is 4.90 Å². The molecule has 2 heteroatoms. The lowest BCUT2D eigenvalue weighted by Crippen LogP contribution is -2.10. The zero-order chi connectivity index (χ0) is 31.0. The summed E-state index contributed by atoms with van der Waals surface area (Å²) in [5.41, 5.74) is 9.06. The largest absolute Gasteiger partial charge is 0.455 e. The van der Waals surface area contributed by atoms with Crippen LogP contribution in [-0.2, 0) is 5.41 Å². The van der Waals surface area contributed by atoms with E-state index < -0.39 is 0 Å². The van der Waals surface area contributed by atoms with Gasteiger partial charge in [0.1, 0.15) is 11.2 Å². The number of rotatable bonds is 4. The predicted molar refractivity (Wildman–Crippen MR) is 196 cm³/mol. The van der Waals surface area contributed by atoms with Gasteiger partial charge in [-0.1, -0.05) is 118 Å². The second-order valence-corrected chi connectivity index (χ2v) is 13.4. The van der Waals surface area contributed by atoms with Gasteiger partial charge in [0.25, 0.3) is 0 Å². The maximum Gasteiger partial charge on any atom is 0.143 e. The molecule has 0 radical (unpaired) electrons. The third-order valence-corrected chi connectivity index (χ3v) is 9.54. The topological polar surface area (TPSA) is 16.4 Å². The molecule has 0 fully saturated rings. The summed E-state index contributed by atoms with van der Waals surface area (Å²) < 4.78 is 6.90. The molecule has 8 aromatic carbocycles. The number of hydrogen-bond acceptors (Lipinski definition) is 2. The quantitative estimate of drug-likeness (QED) is 0.189. The normalized spacial score (nSPS) is 12.2. The first-order valence-electron chi connectivity index (χ1n) is 16.0. The van der Waals surface area contributed by atoms with E-state index in [1.807, 2.05) is 0 Å². The van der Waals surface area contributed by atoms with Crippen LogP contribution in [0.2, 0.25) is 0 Å². The molecular formula is C44H33NO. The number of hydrogen-bond donors (Lipinski definition) is 0. The molecule has 0 aliphatic heterocycles. The highest BCUT2D eigenvalue weighted by Crippen LogP contribution is 2.48. The molecule has 0 saturated carbocycles. The molecule has 46 heavy (non-hydrogen) atoms. The lowest BCUT2D eigenvalue weighted by Gasteiger charge is -2.25. The highest BCUT2D eigenvalue weighted by Gasteiger charge is 2.22. The highest BCUT2D eigenvalue weighted by molar-refractivity contribution is 6.37. The average Bonchev–Trinajstić information content (AvgIpc) is 3.48. The van der Waals surface area contributed by atoms with Crippen LogP contribution in [-0.4, -0.2) is 0 Å². The Hall–Kier alpha value is -5.60. The SMILES string of the molecule is CC(C)(C)c1ccc(-c2cc3cccc4c5c6ccc(N(c7ccccc7)c7ccccc7)cc6oc5c5cccc2c5c34)cc1. The molecule has 0 bridgehead atoms. The van der Waals surface area contributed by atoms with Crippen LogP contribution >= 0.6 is 0 Å². The van der Waals surface area contributed by atoms with Gasteiger partial charge in [0.2, 0.25) is 0 Å². The van der Waals surface area contributed by atoms with Gasteiger partial charge >= 0.3 is 0 Å². The van der Waals surface area contributed by atoms with Crippen molar-refractivity contribution in [1.29, 1.82) is 0 Å². The number of benzene rings is 8. The Kier molecular flexibility index (Phi) is 5.79. The van der Waals surface area contributed by atoms with Gasteiger partial charge in [0, 0.05) is 44.7 Å². The van der Waals surface area contributed by atoms with Crippen molar-refractivity contribution in [3.63, 3.8) is 0 Å². The molecule has 0 unspecified atom stereocenters. The van der Waals surface area contributed by atoms with Gasteiger partial charge in [0.15, 0.2) is 0 Å². The first kappa shape index (κ1) is 26.8. The minimum atomic E-state index is 0.115. The first-order valence-corrected chi connectivity index (χ1v) is 16.0. The van der Waals surface area contributed by atoms with E-state index in [4.69, 9.17) is 4.42 Å². The van der Waals surface area contributed by atoms with Gasteiger partial charge in [-0.3, -0.25) is 0 Å². The summed E-state index contributed by atoms with van der Waals surface area (Å²) in [6.07, 6.45) is 0. The lowest BCUT2D eigenvalue weighted by atomic mass is 9.84. The van der Waals surface area contributed by atoms with E-state index in [0.717, 1.165) is 39.0 Å². The molecule has 2 nitrogen and oxygen atoms in total. The van der Waals surface area contributed by atoms with Gasteiger partial charge in [-0.25, -0.2) is 0 Å². The Labute approximate surface area is 268 Å². The van der Waals surface area contributed by atoms with Crippen LogP contribution in [0.5, 0.6) is 0 Å². The lowest BCUT2D eigenvalue weighted by molar-refractivity contribution is 0.590. The van der Waals surface area contributed by atoms with Crippen LogP contribution in [0.4, 0.5) is 17.1 Å². The van der Waals surface area contributed by atoms with Crippen molar-refractivity contribution >= 4 is 71.3 Å². The van der Waals surface area contributed by atoms with Gasteiger partial charge in [0.05, 0.1) is 0 Å². The van der Waals surface area contributed by atoms with Crippen molar-refractivity contribution in [2.24, 2.45) is 0 Å². The Morgan fingerprint density at radius 1 is 0.478 bits per heavy atom. The monoisotopic (exact) mass is 591 g/mol. The van der Waals surface area contributed by atoms with Crippen LogP contribution in [0.3, 0.4) is 0 Å². The maximum atomic E-state index is 6.90. The molecular weight excluding hydrogens is 558 g/mol. The highest BCUT2D eigenvalue weighted by atomic mass is 16.3. The number of fused-ring (bicyclic) bond motifs is 5. The van der Waals surface area contributed by atoms with E-state index in [1.54, 1.807) is 0 Å². The summed E-state index contributed by atoms with van der Waals surface area (Å²) in [5, 5.41) is 9.79. The van der Waals surface area contributed by atoms with Crippen LogP contribution < -0.4 is 4.90 Å². The molecule has 0 aliphatic rings. The van der Waals surface area contributed by atoms with Crippen LogP contribution in [0, 0.1) is 0 Å². The number of anilines is 3. The second-order valence-electron chi connectivity index (χ2n) is 13.4. The van der Waals surface area contributed by atoms with Crippen molar-refractivity contribution in [3.8, 4) is 11.1 Å². The molecule has 0 amide bonds. The van der Waals surface area contributed by atoms with Gasteiger partial charge in [-0.2, -0.15) is 0 Å². The second kappa shape index (κ2) is 9.95. The summed E-state index contributed by atoms with van der Waals surface area (Å²) in [7, 11) is 0. The third-order valence-electron chi connectivity index (χ3n) is 9.54. The summed E-state index contributed by atoms with van der Waals surface area (Å²) in [6, 6.07) is 52.6. The van der Waals surface area contributed by atoms with Crippen molar-refractivity contribution in [1.82, 2.24) is 0 Å². The van der Waals surface area contributed by atoms with Crippen molar-refractivity contribution < 1.29 is 4.42 Å². The zero-order valence-corrected chi connectivity index (χ0v) is 26.2. The molecule has 0 aliphatic carbocycles. The third kappa shape index (κ3) is 4.03. The minimum Gasteiger partial charge on any atom is -0.455 e. The van der Waals surface area contributed by atoms with E-state index in [2.05, 4.69) is 171 Å². The van der Waals surface area contributed by atoms with E-state index in [1.165, 1.54) is 49.0 Å². The number of nitrogens with zero attached hydrogens (tertiary/aromatic N) is 1. The molecule has 1 aromatic heterocycles. The fourth-order valence-electron chi connectivity index (χ4n) is 7.32. The molecule has 9 rings (SSSR count). The number of para-hydroxylation sites is 2. The molecule has 0 N–H and O–H groups in total. The Morgan fingerprint density at radius 2 is 1.13 bits per heavy atom. The summed E-state index contributed by atoms with van der Waals surface area (Å²) >= 11 is 0. The Morgan fingerprint density at radius 3 is 1.83 bits per heavy atom. The molecule has 220 valence electrons. The van der Waals surface area contributed by atoms with E-state index in [-0.39, 0.29) is 5.41 Å². The fourth-order valence-corrected chi connectivity index (χ4v) is 7.32. The van der Waals surface area contributed by atoms with Gasteiger partial charge in [-0.05, 0) is 86.1 Å². The molecule has 0 spiro atoms. The first-order chi connectivity index (χ1) is 22.5. The number of furan rings is 1. The molecule has 0 saturated heterocycles. The summed E-state index contributed by atoms with van der Waals surface area (Å²) in [4.78, 5) is 2.29. The zero-order valence-electron chi connectivity index (χ0n) is 26.2. The van der Waals surface area contributed by atoms with Gasteiger partial charge in [-0.15, -0.1) is 0 Å². The summed E-state index contributed by atoms with van der Waals surface area (Å²) in [6.45, 7) is 6.80. The average molecular weight is 592 g/mol. The Bertz CT molecular complexity index is 2500. The Balaban J connectivity index is 1.31. The summed E-state index contributed by atoms with van der Waals surface area (Å²) in [5.74, 6) is 0. The minimum absolute atomic E-state index is 0.115. The van der Waals surface area contributed by atoms with Crippen LogP contribution in [0.1, 0.15) is 26.3 Å². The van der Waals surface area contributed by atoms with Crippen molar-refractivity contribution in [2.45, 2.75) is 26.2 Å². The predicted octanol–water partition coefficient (Wildman–Crippen LogP) is 12.9. The van der Waals surface area contributed by atoms with E-state index in [0.29, 0.717) is 0 Å². The maximum absolute atomic E-state index is 6.90. The standard InChI is InChI=1S/C44H33NO/c1-44(2,3)30-22-20-28(21-23-30)38-26-29-12-10-18-36-40(29)41-34(38)17-11-19-37(41)43-42(36)35-25-24-33(27-39(35)46-43)45(31-13-6-4-7-14-31)32-15-8-5-9-16-32/h4-27H,1-3H3. The van der Waals surface area contributed by atoms with Crippen LogP contribution in [0.15, 0.2) is 150 Å². The van der Waals surface area contributed by atoms with Crippen molar-refractivity contribution in [3.05, 3.63) is 151 Å². The van der Waals surface area contributed by atoms with Crippen LogP contribution in [0.25, 0.3) is 65.4 Å². The smallest absolute Gasteiger partial charge is 0.143 e. The molecule has 1 heterocycles. The fraction of sp³-hybridized carbons (Fsp3) is 0.0909.